The van der Waals surface area contributed by atoms with E-state index in [1.807, 2.05) is 12.1 Å². The van der Waals surface area contributed by atoms with Crippen LogP contribution in [-0.2, 0) is 20.7 Å². The van der Waals surface area contributed by atoms with E-state index in [4.69, 9.17) is 4.74 Å². The lowest BCUT2D eigenvalue weighted by Crippen LogP contribution is -2.07. The largest absolute Gasteiger partial charge is 0.497 e. The maximum atomic E-state index is 11.6. The molecule has 0 spiro atoms. The highest BCUT2D eigenvalue weighted by molar-refractivity contribution is 6.31. The number of cyclic esters (lactones) is 2. The van der Waals surface area contributed by atoms with Gasteiger partial charge in [-0.2, -0.15) is 0 Å². The van der Waals surface area contributed by atoms with Crippen molar-refractivity contribution in [2.24, 2.45) is 0 Å². The first-order valence-electron chi connectivity index (χ1n) is 5.37. The lowest BCUT2D eigenvalue weighted by atomic mass is 9.86. The number of hydrogen-bond donors (Lipinski definition) is 0. The van der Waals surface area contributed by atoms with Crippen LogP contribution in [0.15, 0.2) is 23.8 Å². The van der Waals surface area contributed by atoms with E-state index in [0.717, 1.165) is 17.5 Å². The second kappa shape index (κ2) is 3.45. The zero-order valence-electron chi connectivity index (χ0n) is 9.28. The van der Waals surface area contributed by atoms with Gasteiger partial charge < -0.3 is 9.47 Å². The molecular formula is C13H10O4. The minimum atomic E-state index is -0.542. The lowest BCUT2D eigenvalue weighted by Gasteiger charge is -2.15. The van der Waals surface area contributed by atoms with Gasteiger partial charge in [0.1, 0.15) is 5.75 Å². The van der Waals surface area contributed by atoms with Gasteiger partial charge in [-0.3, -0.25) is 0 Å². The number of esters is 2. The van der Waals surface area contributed by atoms with Gasteiger partial charge in [0, 0.05) is 0 Å². The molecule has 17 heavy (non-hydrogen) atoms. The molecule has 0 saturated carbocycles. The third-order valence-corrected chi connectivity index (χ3v) is 3.17. The van der Waals surface area contributed by atoms with Gasteiger partial charge in [-0.1, -0.05) is 6.07 Å². The molecule has 0 radical (unpaired) electrons. The van der Waals surface area contributed by atoms with E-state index < -0.39 is 11.9 Å². The molecule has 1 heterocycles. The Kier molecular flexibility index (Phi) is 2.04. The average molecular weight is 230 g/mol. The zero-order valence-corrected chi connectivity index (χ0v) is 9.28. The second-order valence-electron chi connectivity index (χ2n) is 4.05. The molecule has 0 N–H and O–H groups in total. The fourth-order valence-electron chi connectivity index (χ4n) is 2.31. The summed E-state index contributed by atoms with van der Waals surface area (Å²) in [6.45, 7) is 0. The molecule has 86 valence electrons. The lowest BCUT2D eigenvalue weighted by molar-refractivity contribution is -0.150. The van der Waals surface area contributed by atoms with E-state index in [1.54, 1.807) is 13.2 Å². The number of carbonyl (C=O) groups excluding carboxylic acids is 2. The van der Waals surface area contributed by atoms with Crippen LogP contribution in [0.4, 0.5) is 0 Å². The van der Waals surface area contributed by atoms with Gasteiger partial charge in [0.05, 0.1) is 18.3 Å². The molecule has 0 aromatic heterocycles. The smallest absolute Gasteiger partial charge is 0.347 e. The third kappa shape index (κ3) is 1.37. The van der Waals surface area contributed by atoms with E-state index in [9.17, 15) is 9.59 Å². The molecule has 0 fully saturated rings. The van der Waals surface area contributed by atoms with Crippen LogP contribution in [0.3, 0.4) is 0 Å². The third-order valence-electron chi connectivity index (χ3n) is 3.17. The Morgan fingerprint density at radius 3 is 2.76 bits per heavy atom. The monoisotopic (exact) mass is 230 g/mol. The summed E-state index contributed by atoms with van der Waals surface area (Å²) in [5.41, 5.74) is 2.73. The number of fused-ring (bicyclic) bond motifs is 2. The summed E-state index contributed by atoms with van der Waals surface area (Å²) in [5.74, 6) is -0.373. The van der Waals surface area contributed by atoms with Crippen LogP contribution >= 0.6 is 0 Å². The van der Waals surface area contributed by atoms with Crippen molar-refractivity contribution >= 4 is 17.5 Å². The van der Waals surface area contributed by atoms with Crippen LogP contribution in [0.1, 0.15) is 17.5 Å². The van der Waals surface area contributed by atoms with Crippen LogP contribution in [-0.4, -0.2) is 19.0 Å². The predicted octanol–water partition coefficient (Wildman–Crippen LogP) is 1.48. The van der Waals surface area contributed by atoms with E-state index >= 15 is 0 Å². The van der Waals surface area contributed by atoms with Crippen molar-refractivity contribution in [3.8, 4) is 5.75 Å². The number of rotatable bonds is 1. The number of ether oxygens (including phenoxy) is 2. The highest BCUT2D eigenvalue weighted by Gasteiger charge is 2.37. The summed E-state index contributed by atoms with van der Waals surface area (Å²) in [5, 5.41) is 0. The highest BCUT2D eigenvalue weighted by atomic mass is 16.6. The standard InChI is InChI=1S/C13H10O4/c1-16-8-4-2-7-3-5-9-11(10(7)6-8)13(15)17-12(9)14/h2,4,6H,3,5H2,1H3. The minimum absolute atomic E-state index is 0.412. The van der Waals surface area contributed by atoms with Gasteiger partial charge in [-0.25, -0.2) is 9.59 Å². The normalized spacial score (nSPS) is 17.7. The Morgan fingerprint density at radius 2 is 2.00 bits per heavy atom. The first kappa shape index (κ1) is 10.1. The quantitative estimate of drug-likeness (QED) is 0.541. The van der Waals surface area contributed by atoms with Crippen LogP contribution < -0.4 is 4.74 Å². The van der Waals surface area contributed by atoms with Crippen LogP contribution in [0.2, 0.25) is 0 Å². The molecule has 2 aliphatic rings. The van der Waals surface area contributed by atoms with Crippen LogP contribution in [0.5, 0.6) is 5.75 Å². The summed E-state index contributed by atoms with van der Waals surface area (Å²) >= 11 is 0. The summed E-state index contributed by atoms with van der Waals surface area (Å²) in [7, 11) is 1.57. The fraction of sp³-hybridized carbons (Fsp3) is 0.231. The second-order valence-corrected chi connectivity index (χ2v) is 4.05. The van der Waals surface area contributed by atoms with Crippen molar-refractivity contribution in [2.75, 3.05) is 7.11 Å². The molecule has 1 aliphatic carbocycles. The van der Waals surface area contributed by atoms with Gasteiger partial charge in [0.25, 0.3) is 0 Å². The van der Waals surface area contributed by atoms with E-state index in [-0.39, 0.29) is 0 Å². The minimum Gasteiger partial charge on any atom is -0.497 e. The van der Waals surface area contributed by atoms with Gasteiger partial charge >= 0.3 is 11.9 Å². The summed E-state index contributed by atoms with van der Waals surface area (Å²) in [4.78, 5) is 23.1. The maximum Gasteiger partial charge on any atom is 0.347 e. The first-order chi connectivity index (χ1) is 8.20. The molecule has 0 amide bonds. The Labute approximate surface area is 97.8 Å². The van der Waals surface area contributed by atoms with Gasteiger partial charge in [0.15, 0.2) is 0 Å². The van der Waals surface area contributed by atoms with Crippen LogP contribution in [0, 0.1) is 0 Å². The SMILES string of the molecule is COc1ccc2c(c1)C1=C(CC2)C(=O)OC1=O. The van der Waals surface area contributed by atoms with Crippen molar-refractivity contribution in [2.45, 2.75) is 12.8 Å². The first-order valence-corrected chi connectivity index (χ1v) is 5.37. The van der Waals surface area contributed by atoms with Crippen molar-refractivity contribution in [1.29, 1.82) is 0 Å². The molecule has 4 heteroatoms. The Morgan fingerprint density at radius 1 is 1.18 bits per heavy atom. The Hall–Kier alpha value is -2.10. The highest BCUT2D eigenvalue weighted by Crippen LogP contribution is 2.38. The average Bonchev–Trinajstić information content (AvgIpc) is 2.64. The topological polar surface area (TPSA) is 52.6 Å². The van der Waals surface area contributed by atoms with E-state index in [0.29, 0.717) is 23.3 Å². The molecule has 0 bridgehead atoms. The molecular weight excluding hydrogens is 220 g/mol. The van der Waals surface area contributed by atoms with Gasteiger partial charge in [-0.05, 0) is 36.1 Å². The maximum absolute atomic E-state index is 11.6. The van der Waals surface area contributed by atoms with Gasteiger partial charge in [-0.15, -0.1) is 0 Å². The van der Waals surface area contributed by atoms with Gasteiger partial charge in [0.2, 0.25) is 0 Å². The van der Waals surface area contributed by atoms with E-state index in [1.165, 1.54) is 0 Å². The van der Waals surface area contributed by atoms with Crippen molar-refractivity contribution in [3.63, 3.8) is 0 Å². The van der Waals surface area contributed by atoms with Crippen molar-refractivity contribution < 1.29 is 19.1 Å². The number of hydrogen-bond acceptors (Lipinski definition) is 4. The number of carbonyl (C=O) groups is 2. The Bertz CT molecular complexity index is 569. The summed E-state index contributed by atoms with van der Waals surface area (Å²) in [6.07, 6.45) is 1.32. The molecule has 1 aromatic carbocycles. The molecule has 0 saturated heterocycles. The van der Waals surface area contributed by atoms with Crippen molar-refractivity contribution in [3.05, 3.63) is 34.9 Å². The molecule has 4 nitrogen and oxygen atoms in total. The molecule has 0 atom stereocenters. The zero-order chi connectivity index (χ0) is 12.0. The number of methoxy groups -OCH3 is 1. The summed E-state index contributed by atoms with van der Waals surface area (Å²) in [6, 6.07) is 5.56. The molecule has 0 unspecified atom stereocenters. The fourth-order valence-corrected chi connectivity index (χ4v) is 2.31. The number of benzene rings is 1. The predicted molar refractivity (Wildman–Crippen MR) is 59.3 cm³/mol. The summed E-state index contributed by atoms with van der Waals surface area (Å²) < 4.78 is 9.78. The van der Waals surface area contributed by atoms with E-state index in [2.05, 4.69) is 4.74 Å². The Balaban J connectivity index is 2.22. The van der Waals surface area contributed by atoms with Crippen molar-refractivity contribution in [1.82, 2.24) is 0 Å². The molecule has 1 aliphatic heterocycles. The number of aryl methyl sites for hydroxylation is 1. The molecule has 1 aromatic rings. The van der Waals surface area contributed by atoms with Crippen LogP contribution in [0.25, 0.3) is 5.57 Å². The molecule has 3 rings (SSSR count).